The molecule has 0 bridgehead atoms. The molecule has 3 rings (SSSR count). The number of anilines is 1. The molecule has 8 heteroatoms. The molecule has 2 heterocycles. The van der Waals surface area contributed by atoms with Gasteiger partial charge in [-0.2, -0.15) is 14.6 Å². The van der Waals surface area contributed by atoms with Crippen molar-refractivity contribution in [2.24, 2.45) is 0 Å². The fourth-order valence-corrected chi connectivity index (χ4v) is 2.74. The molecular formula is C16H15Cl2N5O. The Morgan fingerprint density at radius 2 is 2.08 bits per heavy atom. The maximum Gasteiger partial charge on any atom is 0.259 e. The van der Waals surface area contributed by atoms with Gasteiger partial charge in [0.2, 0.25) is 5.95 Å². The molecule has 0 aliphatic rings. The van der Waals surface area contributed by atoms with Gasteiger partial charge in [0.05, 0.1) is 16.8 Å². The molecule has 0 fully saturated rings. The molecule has 24 heavy (non-hydrogen) atoms. The fraction of sp³-hybridized carbons (Fsp3) is 0.250. The molecule has 2 aromatic heterocycles. The van der Waals surface area contributed by atoms with E-state index in [1.54, 1.807) is 24.4 Å². The number of hydrogen-bond acceptors (Lipinski definition) is 4. The van der Waals surface area contributed by atoms with Gasteiger partial charge >= 0.3 is 0 Å². The Labute approximate surface area is 148 Å². The molecule has 3 aromatic rings. The van der Waals surface area contributed by atoms with Crippen molar-refractivity contribution in [2.75, 3.05) is 5.32 Å². The lowest BCUT2D eigenvalue weighted by Crippen LogP contribution is -2.18. The molecule has 1 aromatic carbocycles. The van der Waals surface area contributed by atoms with Gasteiger partial charge in [-0.3, -0.25) is 10.1 Å². The molecule has 6 nitrogen and oxygen atoms in total. The largest absolute Gasteiger partial charge is 0.290 e. The number of halogens is 2. The Kier molecular flexibility index (Phi) is 4.97. The monoisotopic (exact) mass is 363 g/mol. The van der Waals surface area contributed by atoms with Crippen LogP contribution in [0.3, 0.4) is 0 Å². The minimum Gasteiger partial charge on any atom is -0.290 e. The van der Waals surface area contributed by atoms with Crippen molar-refractivity contribution in [3.8, 4) is 0 Å². The SMILES string of the molecule is CCCCc1nc(NC(=O)c2ccc(Cl)cc2Cl)n2nccc2n1. The van der Waals surface area contributed by atoms with Gasteiger partial charge in [-0.1, -0.05) is 36.5 Å². The highest BCUT2D eigenvalue weighted by atomic mass is 35.5. The summed E-state index contributed by atoms with van der Waals surface area (Å²) < 4.78 is 1.48. The second-order valence-electron chi connectivity index (χ2n) is 5.25. The third-order valence-corrected chi connectivity index (χ3v) is 4.00. The first kappa shape index (κ1) is 16.7. The fourth-order valence-electron chi connectivity index (χ4n) is 2.24. The zero-order valence-corrected chi connectivity index (χ0v) is 14.5. The number of aromatic nitrogens is 4. The molecule has 0 saturated carbocycles. The Balaban J connectivity index is 1.93. The number of nitrogens with one attached hydrogen (secondary N) is 1. The molecule has 0 unspecified atom stereocenters. The molecule has 0 radical (unpaired) electrons. The smallest absolute Gasteiger partial charge is 0.259 e. The van der Waals surface area contributed by atoms with Gasteiger partial charge in [-0.25, -0.2) is 4.98 Å². The summed E-state index contributed by atoms with van der Waals surface area (Å²) in [6.07, 6.45) is 4.36. The van der Waals surface area contributed by atoms with Crippen molar-refractivity contribution in [2.45, 2.75) is 26.2 Å². The van der Waals surface area contributed by atoms with E-state index in [-0.39, 0.29) is 10.9 Å². The summed E-state index contributed by atoms with van der Waals surface area (Å²) in [5, 5.41) is 7.64. The van der Waals surface area contributed by atoms with Crippen molar-refractivity contribution in [3.05, 3.63) is 51.9 Å². The van der Waals surface area contributed by atoms with Crippen LogP contribution < -0.4 is 5.32 Å². The molecular weight excluding hydrogens is 349 g/mol. The van der Waals surface area contributed by atoms with Gasteiger partial charge in [0.15, 0.2) is 5.65 Å². The molecule has 0 aliphatic heterocycles. The van der Waals surface area contributed by atoms with Gasteiger partial charge in [-0.05, 0) is 24.6 Å². The maximum absolute atomic E-state index is 12.5. The highest BCUT2D eigenvalue weighted by molar-refractivity contribution is 6.37. The molecule has 124 valence electrons. The van der Waals surface area contributed by atoms with E-state index in [9.17, 15) is 4.79 Å². The van der Waals surface area contributed by atoms with Gasteiger partial charge in [0, 0.05) is 17.5 Å². The Bertz CT molecular complexity index is 893. The number of hydrogen-bond donors (Lipinski definition) is 1. The first-order valence-corrected chi connectivity index (χ1v) is 8.31. The van der Waals surface area contributed by atoms with Crippen LogP contribution in [-0.4, -0.2) is 25.5 Å². The third-order valence-electron chi connectivity index (χ3n) is 3.46. The van der Waals surface area contributed by atoms with Gasteiger partial charge < -0.3 is 0 Å². The number of carbonyl (C=O) groups is 1. The molecule has 1 N–H and O–H groups in total. The summed E-state index contributed by atoms with van der Waals surface area (Å²) in [6, 6.07) is 6.47. The quantitative estimate of drug-likeness (QED) is 0.742. The van der Waals surface area contributed by atoms with Crippen LogP contribution in [0.1, 0.15) is 35.9 Å². The molecule has 0 saturated heterocycles. The van der Waals surface area contributed by atoms with Crippen molar-refractivity contribution < 1.29 is 4.79 Å². The van der Waals surface area contributed by atoms with E-state index in [1.807, 2.05) is 0 Å². The standard InChI is InChI=1S/C16H15Cl2N5O/c1-2-3-4-13-20-14-7-8-19-23(14)16(21-13)22-15(24)11-6-5-10(17)9-12(11)18/h5-9H,2-4H2,1H3,(H,20,21,22,24). The van der Waals surface area contributed by atoms with Crippen LogP contribution in [0.2, 0.25) is 10.0 Å². The zero-order valence-electron chi connectivity index (χ0n) is 13.0. The number of amides is 1. The number of benzene rings is 1. The predicted octanol–water partition coefficient (Wildman–Crippen LogP) is 4.03. The number of unbranched alkanes of at least 4 members (excludes halogenated alkanes) is 1. The van der Waals surface area contributed by atoms with E-state index < -0.39 is 0 Å². The molecule has 0 aliphatic carbocycles. The van der Waals surface area contributed by atoms with Crippen molar-refractivity contribution in [1.29, 1.82) is 0 Å². The summed E-state index contributed by atoms with van der Waals surface area (Å²) in [6.45, 7) is 2.10. The lowest BCUT2D eigenvalue weighted by atomic mass is 10.2. The van der Waals surface area contributed by atoms with Crippen molar-refractivity contribution >= 4 is 40.7 Å². The lowest BCUT2D eigenvalue weighted by molar-refractivity contribution is 0.102. The number of rotatable bonds is 5. The maximum atomic E-state index is 12.5. The highest BCUT2D eigenvalue weighted by Gasteiger charge is 2.15. The van der Waals surface area contributed by atoms with Gasteiger partial charge in [-0.15, -0.1) is 0 Å². The molecule has 0 spiro atoms. The van der Waals surface area contributed by atoms with Crippen molar-refractivity contribution in [1.82, 2.24) is 19.6 Å². The Morgan fingerprint density at radius 3 is 2.83 bits per heavy atom. The summed E-state index contributed by atoms with van der Waals surface area (Å²) in [4.78, 5) is 21.3. The average Bonchev–Trinajstić information content (AvgIpc) is 3.01. The Morgan fingerprint density at radius 1 is 1.25 bits per heavy atom. The summed E-state index contributed by atoms with van der Waals surface area (Å²) in [5.41, 5.74) is 0.948. The van der Waals surface area contributed by atoms with Crippen LogP contribution in [0.25, 0.3) is 5.65 Å². The van der Waals surface area contributed by atoms with Crippen LogP contribution in [-0.2, 0) is 6.42 Å². The van der Waals surface area contributed by atoms with Crippen LogP contribution in [0.15, 0.2) is 30.5 Å². The Hall–Kier alpha value is -2.18. The summed E-state index contributed by atoms with van der Waals surface area (Å²) in [7, 11) is 0. The van der Waals surface area contributed by atoms with Crippen LogP contribution in [0, 0.1) is 0 Å². The van der Waals surface area contributed by atoms with Gasteiger partial charge in [0.1, 0.15) is 5.82 Å². The van der Waals surface area contributed by atoms with E-state index in [0.29, 0.717) is 28.0 Å². The minimum absolute atomic E-state index is 0.275. The number of nitrogens with zero attached hydrogens (tertiary/aromatic N) is 4. The second kappa shape index (κ2) is 7.15. The van der Waals surface area contributed by atoms with E-state index in [2.05, 4.69) is 27.3 Å². The molecule has 1 amide bonds. The van der Waals surface area contributed by atoms with Crippen molar-refractivity contribution in [3.63, 3.8) is 0 Å². The topological polar surface area (TPSA) is 72.2 Å². The van der Waals surface area contributed by atoms with Crippen LogP contribution in [0.5, 0.6) is 0 Å². The van der Waals surface area contributed by atoms with E-state index in [4.69, 9.17) is 23.2 Å². The lowest BCUT2D eigenvalue weighted by Gasteiger charge is -2.09. The second-order valence-corrected chi connectivity index (χ2v) is 6.09. The van der Waals surface area contributed by atoms with E-state index in [0.717, 1.165) is 19.3 Å². The highest BCUT2D eigenvalue weighted by Crippen LogP contribution is 2.22. The number of aryl methyl sites for hydroxylation is 1. The van der Waals surface area contributed by atoms with E-state index in [1.165, 1.54) is 10.6 Å². The van der Waals surface area contributed by atoms with E-state index >= 15 is 0 Å². The third kappa shape index (κ3) is 3.49. The predicted molar refractivity (Wildman–Crippen MR) is 93.8 cm³/mol. The first-order valence-electron chi connectivity index (χ1n) is 7.55. The minimum atomic E-state index is -0.381. The van der Waals surface area contributed by atoms with Crippen LogP contribution in [0.4, 0.5) is 5.95 Å². The first-order chi connectivity index (χ1) is 11.6. The van der Waals surface area contributed by atoms with Gasteiger partial charge in [0.25, 0.3) is 5.91 Å². The number of carbonyl (C=O) groups excluding carboxylic acids is 1. The normalized spacial score (nSPS) is 11.0. The molecule has 0 atom stereocenters. The van der Waals surface area contributed by atoms with Crippen LogP contribution >= 0.6 is 23.2 Å². The summed E-state index contributed by atoms with van der Waals surface area (Å²) >= 11 is 12.0. The average molecular weight is 364 g/mol. The summed E-state index contributed by atoms with van der Waals surface area (Å²) in [5.74, 6) is 0.600. The zero-order chi connectivity index (χ0) is 17.1. The number of fused-ring (bicyclic) bond motifs is 1.